The van der Waals surface area contributed by atoms with Gasteiger partial charge in [-0.05, 0) is 69.6 Å². The van der Waals surface area contributed by atoms with Gasteiger partial charge in [0.05, 0.1) is 29.6 Å². The van der Waals surface area contributed by atoms with Gasteiger partial charge in [0.2, 0.25) is 5.28 Å². The summed E-state index contributed by atoms with van der Waals surface area (Å²) < 4.78 is 14.4. The summed E-state index contributed by atoms with van der Waals surface area (Å²) >= 11 is 6.34. The molecule has 0 radical (unpaired) electrons. The van der Waals surface area contributed by atoms with Gasteiger partial charge >= 0.3 is 5.69 Å². The van der Waals surface area contributed by atoms with Crippen LogP contribution in [0, 0.1) is 0 Å². The fourth-order valence-electron chi connectivity index (χ4n) is 4.67. The summed E-state index contributed by atoms with van der Waals surface area (Å²) in [4.78, 5) is 36.3. The predicted molar refractivity (Wildman–Crippen MR) is 135 cm³/mol. The standard InChI is InChI=1S/C25H26ClN5O4/c1-3-34-20-13-17-18(14-21(20)35-4-2)28-24(26)29-22(17)31-19-8-6-5-7-16(19)23(32)30(25(31)33)15-9-11-27-12-10-15/h5-8,13-15,27H,3-4,9-12H2,1-2H3. The van der Waals surface area contributed by atoms with Crippen molar-refractivity contribution in [1.82, 2.24) is 24.4 Å². The van der Waals surface area contributed by atoms with Gasteiger partial charge < -0.3 is 14.8 Å². The molecule has 2 aromatic heterocycles. The van der Waals surface area contributed by atoms with Gasteiger partial charge in [0.15, 0.2) is 17.3 Å². The smallest absolute Gasteiger partial charge is 0.337 e. The lowest BCUT2D eigenvalue weighted by atomic mass is 10.1. The van der Waals surface area contributed by atoms with Gasteiger partial charge in [0, 0.05) is 17.5 Å². The van der Waals surface area contributed by atoms with Gasteiger partial charge in [0.25, 0.3) is 5.56 Å². The molecular weight excluding hydrogens is 470 g/mol. The first-order valence-electron chi connectivity index (χ1n) is 11.8. The molecule has 1 N–H and O–H groups in total. The molecule has 35 heavy (non-hydrogen) atoms. The Morgan fingerprint density at radius 2 is 1.69 bits per heavy atom. The molecule has 10 heteroatoms. The molecule has 0 unspecified atom stereocenters. The van der Waals surface area contributed by atoms with Crippen LogP contribution in [0.2, 0.25) is 5.28 Å². The third kappa shape index (κ3) is 4.15. The van der Waals surface area contributed by atoms with Crippen LogP contribution >= 0.6 is 11.6 Å². The Hall–Kier alpha value is -3.43. The molecule has 0 aliphatic carbocycles. The largest absolute Gasteiger partial charge is 0.490 e. The fraction of sp³-hybridized carbons (Fsp3) is 0.360. The van der Waals surface area contributed by atoms with Crippen molar-refractivity contribution in [3.63, 3.8) is 0 Å². The van der Waals surface area contributed by atoms with Crippen LogP contribution in [-0.4, -0.2) is 45.4 Å². The number of hydrogen-bond donors (Lipinski definition) is 1. The second-order valence-electron chi connectivity index (χ2n) is 8.29. The lowest BCUT2D eigenvalue weighted by Crippen LogP contribution is -2.45. The lowest BCUT2D eigenvalue weighted by molar-refractivity contribution is 0.288. The Morgan fingerprint density at radius 1 is 1.00 bits per heavy atom. The Balaban J connectivity index is 1.87. The maximum atomic E-state index is 14.0. The molecule has 182 valence electrons. The lowest BCUT2D eigenvalue weighted by Gasteiger charge is -2.25. The quantitative estimate of drug-likeness (QED) is 0.409. The highest BCUT2D eigenvalue weighted by molar-refractivity contribution is 6.28. The molecule has 3 heterocycles. The SMILES string of the molecule is CCOc1cc2nc(Cl)nc(-n3c(=O)n(C4CCNCC4)c(=O)c4ccccc43)c2cc1OCC. The summed E-state index contributed by atoms with van der Waals surface area (Å²) in [5, 5.41) is 4.26. The first-order valence-corrected chi connectivity index (χ1v) is 12.2. The van der Waals surface area contributed by atoms with Crippen molar-refractivity contribution < 1.29 is 9.47 Å². The molecule has 1 aliphatic heterocycles. The third-order valence-electron chi connectivity index (χ3n) is 6.19. The van der Waals surface area contributed by atoms with E-state index in [4.69, 9.17) is 21.1 Å². The van der Waals surface area contributed by atoms with Crippen molar-refractivity contribution >= 4 is 33.4 Å². The molecule has 0 saturated carbocycles. The van der Waals surface area contributed by atoms with Gasteiger partial charge in [-0.2, -0.15) is 4.98 Å². The number of nitrogens with zero attached hydrogens (tertiary/aromatic N) is 4. The molecule has 0 spiro atoms. The van der Waals surface area contributed by atoms with E-state index in [1.165, 1.54) is 9.13 Å². The van der Waals surface area contributed by atoms with Gasteiger partial charge in [-0.25, -0.2) is 14.3 Å². The van der Waals surface area contributed by atoms with Crippen LogP contribution in [-0.2, 0) is 0 Å². The Bertz CT molecular complexity index is 1520. The molecule has 5 rings (SSSR count). The average Bonchev–Trinajstić information content (AvgIpc) is 2.86. The second-order valence-corrected chi connectivity index (χ2v) is 8.63. The molecule has 1 aliphatic rings. The van der Waals surface area contributed by atoms with Crippen molar-refractivity contribution in [3.05, 3.63) is 62.5 Å². The third-order valence-corrected chi connectivity index (χ3v) is 6.36. The zero-order valence-corrected chi connectivity index (χ0v) is 20.3. The minimum Gasteiger partial charge on any atom is -0.490 e. The van der Waals surface area contributed by atoms with Crippen LogP contribution in [0.1, 0.15) is 32.7 Å². The van der Waals surface area contributed by atoms with Crippen LogP contribution in [0.3, 0.4) is 0 Å². The molecule has 4 aromatic rings. The molecule has 0 bridgehead atoms. The summed E-state index contributed by atoms with van der Waals surface area (Å²) in [5.74, 6) is 1.32. The number of ether oxygens (including phenoxy) is 2. The van der Waals surface area contributed by atoms with E-state index in [0.717, 1.165) is 13.1 Å². The van der Waals surface area contributed by atoms with E-state index >= 15 is 0 Å². The molecule has 2 aromatic carbocycles. The van der Waals surface area contributed by atoms with Crippen molar-refractivity contribution in [3.8, 4) is 17.3 Å². The van der Waals surface area contributed by atoms with E-state index in [0.29, 0.717) is 59.4 Å². The zero-order chi connectivity index (χ0) is 24.5. The van der Waals surface area contributed by atoms with E-state index in [1.54, 1.807) is 36.4 Å². The zero-order valence-electron chi connectivity index (χ0n) is 19.6. The molecule has 0 amide bonds. The van der Waals surface area contributed by atoms with Gasteiger partial charge in [0.1, 0.15) is 0 Å². The highest BCUT2D eigenvalue weighted by Crippen LogP contribution is 2.35. The summed E-state index contributed by atoms with van der Waals surface area (Å²) in [7, 11) is 0. The maximum Gasteiger partial charge on any atom is 0.337 e. The first-order chi connectivity index (χ1) is 17.0. The van der Waals surface area contributed by atoms with E-state index in [1.807, 2.05) is 13.8 Å². The van der Waals surface area contributed by atoms with Gasteiger partial charge in [-0.15, -0.1) is 0 Å². The number of rotatable bonds is 6. The normalized spacial score (nSPS) is 14.5. The minimum absolute atomic E-state index is 0.0188. The van der Waals surface area contributed by atoms with Crippen molar-refractivity contribution in [2.24, 2.45) is 0 Å². The number of hydrogen-bond acceptors (Lipinski definition) is 7. The Morgan fingerprint density at radius 3 is 2.40 bits per heavy atom. The Kier molecular flexibility index (Phi) is 6.44. The average molecular weight is 496 g/mol. The maximum absolute atomic E-state index is 14.0. The number of benzene rings is 2. The van der Waals surface area contributed by atoms with E-state index in [9.17, 15) is 9.59 Å². The number of fused-ring (bicyclic) bond motifs is 2. The topological polar surface area (TPSA) is 100 Å². The summed E-state index contributed by atoms with van der Waals surface area (Å²) in [6, 6.07) is 10.3. The molecule has 1 saturated heterocycles. The molecular formula is C25H26ClN5O4. The molecule has 0 atom stereocenters. The number of piperidine rings is 1. The highest BCUT2D eigenvalue weighted by Gasteiger charge is 2.24. The monoisotopic (exact) mass is 495 g/mol. The van der Waals surface area contributed by atoms with Gasteiger partial charge in [-0.1, -0.05) is 12.1 Å². The van der Waals surface area contributed by atoms with Crippen molar-refractivity contribution in [2.45, 2.75) is 32.7 Å². The predicted octanol–water partition coefficient (Wildman–Crippen LogP) is 3.47. The summed E-state index contributed by atoms with van der Waals surface area (Å²) in [6.45, 7) is 6.12. The molecule has 1 fully saturated rings. The van der Waals surface area contributed by atoms with Crippen molar-refractivity contribution in [2.75, 3.05) is 26.3 Å². The highest BCUT2D eigenvalue weighted by atomic mass is 35.5. The van der Waals surface area contributed by atoms with Crippen LogP contribution in [0.15, 0.2) is 46.0 Å². The van der Waals surface area contributed by atoms with Crippen LogP contribution < -0.4 is 26.0 Å². The van der Waals surface area contributed by atoms with E-state index in [2.05, 4.69) is 15.3 Å². The number of para-hydroxylation sites is 1. The van der Waals surface area contributed by atoms with Gasteiger partial charge in [-0.3, -0.25) is 9.36 Å². The van der Waals surface area contributed by atoms with Crippen molar-refractivity contribution in [1.29, 1.82) is 0 Å². The minimum atomic E-state index is -0.455. The number of nitrogens with one attached hydrogen (secondary N) is 1. The van der Waals surface area contributed by atoms with Crippen LogP contribution in [0.4, 0.5) is 0 Å². The second kappa shape index (κ2) is 9.67. The first kappa shape index (κ1) is 23.3. The fourth-order valence-corrected chi connectivity index (χ4v) is 4.84. The van der Waals surface area contributed by atoms with Crippen LogP contribution in [0.5, 0.6) is 11.5 Å². The summed E-state index contributed by atoms with van der Waals surface area (Å²) in [5.41, 5.74) is 0.202. The van der Waals surface area contributed by atoms with E-state index < -0.39 is 5.69 Å². The Labute approximate surface area is 206 Å². The summed E-state index contributed by atoms with van der Waals surface area (Å²) in [6.07, 6.45) is 1.37. The number of halogens is 1. The molecule has 9 nitrogen and oxygen atoms in total. The number of aromatic nitrogens is 4. The van der Waals surface area contributed by atoms with E-state index in [-0.39, 0.29) is 22.7 Å². The van der Waals surface area contributed by atoms with Crippen LogP contribution in [0.25, 0.3) is 27.6 Å².